The van der Waals surface area contributed by atoms with Gasteiger partial charge in [0.25, 0.3) is 0 Å². The second-order valence-corrected chi connectivity index (χ2v) is 5.77. The van der Waals surface area contributed by atoms with Gasteiger partial charge in [0.1, 0.15) is 5.58 Å². The van der Waals surface area contributed by atoms with E-state index in [1.165, 1.54) is 5.56 Å². The number of aryl methyl sites for hydroxylation is 1. The molecule has 3 rings (SSSR count). The van der Waals surface area contributed by atoms with E-state index in [4.69, 9.17) is 4.42 Å². The van der Waals surface area contributed by atoms with E-state index in [9.17, 15) is 4.79 Å². The summed E-state index contributed by atoms with van der Waals surface area (Å²) in [5.41, 5.74) is 4.27. The van der Waals surface area contributed by atoms with Crippen LogP contribution >= 0.6 is 0 Å². The summed E-state index contributed by atoms with van der Waals surface area (Å²) in [6.45, 7) is 6.34. The summed E-state index contributed by atoms with van der Waals surface area (Å²) in [5.74, 6) is 0.481. The van der Waals surface area contributed by atoms with Gasteiger partial charge in [-0.1, -0.05) is 49.7 Å². The Kier molecular flexibility index (Phi) is 3.38. The number of hydrogen-bond acceptors (Lipinski definition) is 2. The Morgan fingerprint density at radius 1 is 0.952 bits per heavy atom. The molecule has 0 spiro atoms. The first kappa shape index (κ1) is 13.6. The predicted octanol–water partition coefficient (Wildman–Crippen LogP) is 4.89. The first-order valence-electron chi connectivity index (χ1n) is 7.19. The van der Waals surface area contributed by atoms with Gasteiger partial charge < -0.3 is 4.42 Å². The fourth-order valence-electron chi connectivity index (χ4n) is 2.49. The van der Waals surface area contributed by atoms with Crippen LogP contribution in [0.1, 0.15) is 30.9 Å². The molecule has 0 N–H and O–H groups in total. The minimum Gasteiger partial charge on any atom is -0.422 e. The van der Waals surface area contributed by atoms with Crippen LogP contribution in [0.25, 0.3) is 22.1 Å². The molecule has 0 aliphatic carbocycles. The van der Waals surface area contributed by atoms with Crippen molar-refractivity contribution in [2.24, 2.45) is 0 Å². The quantitative estimate of drug-likeness (QED) is 0.625. The molecule has 21 heavy (non-hydrogen) atoms. The number of fused-ring (bicyclic) bond motifs is 1. The molecule has 0 bridgehead atoms. The van der Waals surface area contributed by atoms with E-state index in [1.54, 1.807) is 0 Å². The van der Waals surface area contributed by atoms with Crippen molar-refractivity contribution in [3.63, 3.8) is 0 Å². The monoisotopic (exact) mass is 278 g/mol. The molecule has 1 heterocycles. The lowest BCUT2D eigenvalue weighted by Gasteiger charge is -2.07. The van der Waals surface area contributed by atoms with E-state index in [0.29, 0.717) is 17.1 Å². The van der Waals surface area contributed by atoms with Crippen LogP contribution in [0, 0.1) is 6.92 Å². The van der Waals surface area contributed by atoms with E-state index in [1.807, 2.05) is 43.3 Å². The van der Waals surface area contributed by atoms with Gasteiger partial charge in [-0.25, -0.2) is 4.79 Å². The lowest BCUT2D eigenvalue weighted by molar-refractivity contribution is 0.563. The second kappa shape index (κ2) is 5.21. The highest BCUT2D eigenvalue weighted by atomic mass is 16.4. The van der Waals surface area contributed by atoms with Crippen LogP contribution in [0.2, 0.25) is 0 Å². The Hall–Kier alpha value is -2.35. The van der Waals surface area contributed by atoms with Gasteiger partial charge in [0, 0.05) is 5.39 Å². The van der Waals surface area contributed by atoms with Crippen LogP contribution in [-0.4, -0.2) is 0 Å². The lowest BCUT2D eigenvalue weighted by atomic mass is 9.99. The molecule has 0 aliphatic rings. The van der Waals surface area contributed by atoms with Crippen LogP contribution in [0.15, 0.2) is 57.7 Å². The van der Waals surface area contributed by atoms with Crippen molar-refractivity contribution in [2.45, 2.75) is 26.7 Å². The molecule has 0 amide bonds. The van der Waals surface area contributed by atoms with E-state index in [2.05, 4.69) is 26.0 Å². The van der Waals surface area contributed by atoms with E-state index in [0.717, 1.165) is 16.5 Å². The van der Waals surface area contributed by atoms with E-state index < -0.39 is 0 Å². The minimum absolute atomic E-state index is 0.288. The maximum absolute atomic E-state index is 12.2. The average molecular weight is 278 g/mol. The third-order valence-electron chi connectivity index (χ3n) is 3.78. The number of hydrogen-bond donors (Lipinski definition) is 0. The fourth-order valence-corrected chi connectivity index (χ4v) is 2.49. The van der Waals surface area contributed by atoms with Gasteiger partial charge in [0.15, 0.2) is 0 Å². The topological polar surface area (TPSA) is 30.2 Å². The van der Waals surface area contributed by atoms with E-state index in [-0.39, 0.29) is 5.63 Å². The summed E-state index contributed by atoms with van der Waals surface area (Å²) in [6.07, 6.45) is 0. The van der Waals surface area contributed by atoms with Gasteiger partial charge in [-0.2, -0.15) is 0 Å². The zero-order valence-electron chi connectivity index (χ0n) is 12.5. The lowest BCUT2D eigenvalue weighted by Crippen LogP contribution is -2.02. The standard InChI is InChI=1S/C19H18O2/c1-12(2)14-5-7-15(8-6-14)17-11-16-10-13(3)4-9-18(16)21-19(17)20/h4-12H,1-3H3. The summed E-state index contributed by atoms with van der Waals surface area (Å²) in [7, 11) is 0. The maximum Gasteiger partial charge on any atom is 0.344 e. The molecule has 0 unspecified atom stereocenters. The summed E-state index contributed by atoms with van der Waals surface area (Å²) < 4.78 is 5.42. The Bertz CT molecular complexity index is 840. The maximum atomic E-state index is 12.2. The third kappa shape index (κ3) is 2.62. The molecule has 3 aromatic rings. The molecule has 2 heteroatoms. The molecule has 0 radical (unpaired) electrons. The highest BCUT2D eigenvalue weighted by Crippen LogP contribution is 2.24. The van der Waals surface area contributed by atoms with Crippen LogP contribution < -0.4 is 5.63 Å². The van der Waals surface area contributed by atoms with Gasteiger partial charge >= 0.3 is 5.63 Å². The molecule has 0 fully saturated rings. The summed E-state index contributed by atoms with van der Waals surface area (Å²) >= 11 is 0. The Balaban J connectivity index is 2.15. The highest BCUT2D eigenvalue weighted by Gasteiger charge is 2.08. The Morgan fingerprint density at radius 3 is 2.33 bits per heavy atom. The third-order valence-corrected chi connectivity index (χ3v) is 3.78. The van der Waals surface area contributed by atoms with Crippen molar-refractivity contribution < 1.29 is 4.42 Å². The molecule has 0 aliphatic heterocycles. The van der Waals surface area contributed by atoms with Crippen LogP contribution in [-0.2, 0) is 0 Å². The van der Waals surface area contributed by atoms with Crippen LogP contribution in [0.3, 0.4) is 0 Å². The first-order chi connectivity index (χ1) is 10.0. The molecule has 2 nitrogen and oxygen atoms in total. The van der Waals surface area contributed by atoms with Gasteiger partial charge in [-0.3, -0.25) is 0 Å². The summed E-state index contributed by atoms with van der Waals surface area (Å²) in [4.78, 5) is 12.2. The fraction of sp³-hybridized carbons (Fsp3) is 0.211. The molecular formula is C19H18O2. The smallest absolute Gasteiger partial charge is 0.344 e. The van der Waals surface area contributed by atoms with Crippen molar-refractivity contribution >= 4 is 11.0 Å². The summed E-state index contributed by atoms with van der Waals surface area (Å²) in [6, 6.07) is 15.9. The van der Waals surface area contributed by atoms with Crippen molar-refractivity contribution in [1.82, 2.24) is 0 Å². The van der Waals surface area contributed by atoms with Crippen molar-refractivity contribution in [3.8, 4) is 11.1 Å². The van der Waals surface area contributed by atoms with Gasteiger partial charge in [-0.05, 0) is 42.2 Å². The van der Waals surface area contributed by atoms with Crippen molar-refractivity contribution in [1.29, 1.82) is 0 Å². The van der Waals surface area contributed by atoms with Gasteiger partial charge in [0.05, 0.1) is 5.56 Å². The molecule has 0 saturated heterocycles. The molecule has 0 saturated carbocycles. The van der Waals surface area contributed by atoms with Gasteiger partial charge in [-0.15, -0.1) is 0 Å². The Labute approximate surface area is 124 Å². The SMILES string of the molecule is Cc1ccc2oc(=O)c(-c3ccc(C(C)C)cc3)cc2c1. The molecule has 106 valence electrons. The van der Waals surface area contributed by atoms with Gasteiger partial charge in [0.2, 0.25) is 0 Å². The summed E-state index contributed by atoms with van der Waals surface area (Å²) in [5, 5.41) is 0.956. The molecule has 1 aromatic heterocycles. The Morgan fingerprint density at radius 2 is 1.67 bits per heavy atom. The zero-order chi connectivity index (χ0) is 15.0. The highest BCUT2D eigenvalue weighted by molar-refractivity contribution is 5.82. The normalized spacial score (nSPS) is 11.2. The zero-order valence-corrected chi connectivity index (χ0v) is 12.5. The average Bonchev–Trinajstić information content (AvgIpc) is 2.47. The number of rotatable bonds is 2. The first-order valence-corrected chi connectivity index (χ1v) is 7.19. The molecular weight excluding hydrogens is 260 g/mol. The van der Waals surface area contributed by atoms with E-state index >= 15 is 0 Å². The second-order valence-electron chi connectivity index (χ2n) is 5.77. The largest absolute Gasteiger partial charge is 0.422 e. The van der Waals surface area contributed by atoms with Crippen LogP contribution in [0.4, 0.5) is 0 Å². The molecule has 2 aromatic carbocycles. The van der Waals surface area contributed by atoms with Crippen molar-refractivity contribution in [2.75, 3.05) is 0 Å². The molecule has 0 atom stereocenters. The minimum atomic E-state index is -0.288. The predicted molar refractivity (Wildman–Crippen MR) is 86.7 cm³/mol. The van der Waals surface area contributed by atoms with Crippen molar-refractivity contribution in [3.05, 3.63) is 70.1 Å². The van der Waals surface area contributed by atoms with Crippen LogP contribution in [0.5, 0.6) is 0 Å². The number of benzene rings is 2.